The zero-order valence-corrected chi connectivity index (χ0v) is 15.9. The molecule has 3 rings (SSSR count). The Balaban J connectivity index is 1.93. The molecule has 3 aromatic rings. The van der Waals surface area contributed by atoms with Crippen molar-refractivity contribution >= 4 is 50.4 Å². The van der Waals surface area contributed by atoms with Crippen molar-refractivity contribution in [1.82, 2.24) is 4.98 Å². The lowest BCUT2D eigenvalue weighted by atomic mass is 10.2. The minimum absolute atomic E-state index is 0.248. The fourth-order valence-electron chi connectivity index (χ4n) is 2.05. The van der Waals surface area contributed by atoms with Crippen LogP contribution in [0.15, 0.2) is 56.3 Å². The van der Waals surface area contributed by atoms with Gasteiger partial charge in [-0.05, 0) is 81.3 Å². The smallest absolute Gasteiger partial charge is 0.312 e. The third kappa shape index (κ3) is 3.64. The summed E-state index contributed by atoms with van der Waals surface area (Å²) in [5, 5.41) is 9.94. The molecule has 0 aliphatic heterocycles. The first-order chi connectivity index (χ1) is 11.0. The van der Waals surface area contributed by atoms with Crippen LogP contribution in [0.5, 0.6) is 5.95 Å². The lowest BCUT2D eigenvalue weighted by Gasteiger charge is -1.99. The van der Waals surface area contributed by atoms with Crippen LogP contribution in [0.3, 0.4) is 0 Å². The number of aromatic hydroxyl groups is 1. The molecule has 0 spiro atoms. The number of rotatable bonds is 3. The largest absolute Gasteiger partial charge is 0.479 e. The summed E-state index contributed by atoms with van der Waals surface area (Å²) in [7, 11) is 0. The highest BCUT2D eigenvalue weighted by Crippen LogP contribution is 2.31. The Morgan fingerprint density at radius 2 is 2.04 bits per heavy atom. The van der Waals surface area contributed by atoms with Crippen molar-refractivity contribution in [2.75, 3.05) is 0 Å². The Morgan fingerprint density at radius 3 is 2.78 bits per heavy atom. The second kappa shape index (κ2) is 6.84. The van der Waals surface area contributed by atoms with E-state index in [1.54, 1.807) is 0 Å². The van der Waals surface area contributed by atoms with Gasteiger partial charge in [-0.1, -0.05) is 12.1 Å². The number of hydrogen-bond acceptors (Lipinski definition) is 4. The van der Waals surface area contributed by atoms with E-state index in [2.05, 4.69) is 48.5 Å². The molecule has 0 aliphatic rings. The van der Waals surface area contributed by atoms with Crippen molar-refractivity contribution in [3.05, 3.63) is 61.8 Å². The molecular formula is C17H12BrIN2O2. The third-order valence-corrected chi connectivity index (χ3v) is 4.59. The molecule has 1 aromatic heterocycles. The van der Waals surface area contributed by atoms with Crippen LogP contribution in [0.25, 0.3) is 11.5 Å². The Labute approximate surface area is 155 Å². The van der Waals surface area contributed by atoms with E-state index >= 15 is 0 Å². The van der Waals surface area contributed by atoms with Crippen LogP contribution >= 0.6 is 38.5 Å². The SMILES string of the molecule is Cc1cc(I)ccc1N=Cc1nc(-c2ccccc2Br)oc1O. The standard InChI is InChI=1S/C17H12BrIN2O2/c1-10-8-11(19)6-7-14(10)20-9-15-17(22)23-16(21-15)12-4-2-3-5-13(12)18/h2-9,22H,1H3. The summed E-state index contributed by atoms with van der Waals surface area (Å²) in [5.74, 6) is 0.0958. The summed E-state index contributed by atoms with van der Waals surface area (Å²) in [4.78, 5) is 8.69. The zero-order valence-electron chi connectivity index (χ0n) is 12.1. The minimum Gasteiger partial charge on any atom is -0.479 e. The van der Waals surface area contributed by atoms with E-state index in [9.17, 15) is 5.11 Å². The highest BCUT2D eigenvalue weighted by molar-refractivity contribution is 14.1. The van der Waals surface area contributed by atoms with Gasteiger partial charge in [0.1, 0.15) is 0 Å². The molecule has 0 saturated carbocycles. The van der Waals surface area contributed by atoms with Gasteiger partial charge in [0.25, 0.3) is 0 Å². The van der Waals surface area contributed by atoms with E-state index in [1.165, 1.54) is 6.21 Å². The normalized spacial score (nSPS) is 11.3. The number of aryl methyl sites for hydroxylation is 1. The van der Waals surface area contributed by atoms with E-state index in [0.717, 1.165) is 24.9 Å². The second-order valence-electron chi connectivity index (χ2n) is 4.88. The van der Waals surface area contributed by atoms with Crippen molar-refractivity contribution in [2.24, 2.45) is 4.99 Å². The van der Waals surface area contributed by atoms with Crippen molar-refractivity contribution < 1.29 is 9.52 Å². The van der Waals surface area contributed by atoms with Gasteiger partial charge in [0.05, 0.1) is 17.5 Å². The van der Waals surface area contributed by atoms with Gasteiger partial charge in [0, 0.05) is 8.04 Å². The lowest BCUT2D eigenvalue weighted by Crippen LogP contribution is -1.84. The molecule has 0 bridgehead atoms. The predicted octanol–water partition coefficient (Wildman–Crippen LogP) is 5.47. The van der Waals surface area contributed by atoms with Gasteiger partial charge in [0.15, 0.2) is 5.69 Å². The lowest BCUT2D eigenvalue weighted by molar-refractivity contribution is 0.337. The molecule has 4 nitrogen and oxygen atoms in total. The number of oxazole rings is 1. The predicted molar refractivity (Wildman–Crippen MR) is 102 cm³/mol. The summed E-state index contributed by atoms with van der Waals surface area (Å²) in [6.45, 7) is 1.99. The summed E-state index contributed by atoms with van der Waals surface area (Å²) in [6.07, 6.45) is 1.51. The van der Waals surface area contributed by atoms with Crippen LogP contribution in [0.1, 0.15) is 11.3 Å². The molecule has 23 heavy (non-hydrogen) atoms. The van der Waals surface area contributed by atoms with Gasteiger partial charge in [-0.2, -0.15) is 0 Å². The molecule has 0 fully saturated rings. The molecule has 0 amide bonds. The fraction of sp³-hybridized carbons (Fsp3) is 0.0588. The van der Waals surface area contributed by atoms with Crippen molar-refractivity contribution in [1.29, 1.82) is 0 Å². The quantitative estimate of drug-likeness (QED) is 0.397. The molecule has 0 aliphatic carbocycles. The first-order valence-corrected chi connectivity index (χ1v) is 8.66. The van der Waals surface area contributed by atoms with E-state index in [-0.39, 0.29) is 5.95 Å². The molecule has 0 radical (unpaired) electrons. The van der Waals surface area contributed by atoms with Gasteiger partial charge in [0.2, 0.25) is 5.89 Å². The molecule has 0 atom stereocenters. The topological polar surface area (TPSA) is 58.6 Å². The van der Waals surface area contributed by atoms with Crippen LogP contribution in [0.2, 0.25) is 0 Å². The molecule has 6 heteroatoms. The molecule has 1 N–H and O–H groups in total. The highest BCUT2D eigenvalue weighted by atomic mass is 127. The number of aliphatic imine (C=N–C) groups is 1. The van der Waals surface area contributed by atoms with E-state index in [4.69, 9.17) is 4.42 Å². The number of halogens is 2. The van der Waals surface area contributed by atoms with Gasteiger partial charge in [-0.25, -0.2) is 4.98 Å². The van der Waals surface area contributed by atoms with Crippen LogP contribution < -0.4 is 0 Å². The molecular weight excluding hydrogens is 471 g/mol. The maximum atomic E-state index is 9.94. The van der Waals surface area contributed by atoms with Crippen LogP contribution in [0.4, 0.5) is 5.69 Å². The summed E-state index contributed by atoms with van der Waals surface area (Å²) in [6, 6.07) is 13.5. The monoisotopic (exact) mass is 482 g/mol. The number of aromatic nitrogens is 1. The fourth-order valence-corrected chi connectivity index (χ4v) is 3.15. The number of benzene rings is 2. The minimum atomic E-state index is -0.248. The first-order valence-electron chi connectivity index (χ1n) is 6.79. The van der Waals surface area contributed by atoms with Crippen LogP contribution in [-0.2, 0) is 0 Å². The van der Waals surface area contributed by atoms with Crippen molar-refractivity contribution in [3.8, 4) is 17.4 Å². The summed E-state index contributed by atoms with van der Waals surface area (Å²) >= 11 is 5.70. The molecule has 2 aromatic carbocycles. The third-order valence-electron chi connectivity index (χ3n) is 3.22. The number of nitrogens with zero attached hydrogens (tertiary/aromatic N) is 2. The molecule has 0 unspecified atom stereocenters. The molecule has 0 saturated heterocycles. The van der Waals surface area contributed by atoms with Gasteiger partial charge < -0.3 is 9.52 Å². The average Bonchev–Trinajstić information content (AvgIpc) is 2.88. The molecule has 1 heterocycles. The maximum Gasteiger partial charge on any atom is 0.312 e. The van der Waals surface area contributed by atoms with Gasteiger partial charge >= 0.3 is 5.95 Å². The first kappa shape index (κ1) is 16.2. The van der Waals surface area contributed by atoms with Gasteiger partial charge in [-0.15, -0.1) is 0 Å². The van der Waals surface area contributed by atoms with Crippen molar-refractivity contribution in [2.45, 2.75) is 6.92 Å². The van der Waals surface area contributed by atoms with Gasteiger partial charge in [-0.3, -0.25) is 4.99 Å². The Bertz CT molecular complexity index is 890. The summed E-state index contributed by atoms with van der Waals surface area (Å²) < 4.78 is 7.34. The second-order valence-corrected chi connectivity index (χ2v) is 6.98. The summed E-state index contributed by atoms with van der Waals surface area (Å²) in [5.41, 5.74) is 2.96. The Morgan fingerprint density at radius 1 is 1.26 bits per heavy atom. The molecule has 116 valence electrons. The maximum absolute atomic E-state index is 9.94. The van der Waals surface area contributed by atoms with Crippen LogP contribution in [0, 0.1) is 10.5 Å². The zero-order chi connectivity index (χ0) is 16.4. The Hall–Kier alpha value is -1.67. The van der Waals surface area contributed by atoms with Crippen LogP contribution in [-0.4, -0.2) is 16.3 Å². The Kier molecular flexibility index (Phi) is 4.82. The van der Waals surface area contributed by atoms with E-state index < -0.39 is 0 Å². The van der Waals surface area contributed by atoms with E-state index in [0.29, 0.717) is 11.6 Å². The number of hydrogen-bond donors (Lipinski definition) is 1. The van der Waals surface area contributed by atoms with E-state index in [1.807, 2.05) is 49.4 Å². The van der Waals surface area contributed by atoms with Crippen molar-refractivity contribution in [3.63, 3.8) is 0 Å². The average molecular weight is 483 g/mol. The highest BCUT2D eigenvalue weighted by Gasteiger charge is 2.14.